The number of ether oxygens (including phenoxy) is 2. The van der Waals surface area contributed by atoms with E-state index < -0.39 is 18.1 Å². The third-order valence-electron chi connectivity index (χ3n) is 5.76. The van der Waals surface area contributed by atoms with Crippen molar-refractivity contribution in [2.75, 3.05) is 0 Å². The SMILES string of the molecule is CCC[C@H](NC(=O)OCc1ccccc1)C(=O)Oc1cc(C)cc2oc(=O)c3c(c12)CCC3. The Morgan fingerprint density at radius 1 is 1.12 bits per heavy atom. The number of carbonyl (C=O) groups excluding carboxylic acids is 2. The zero-order valence-corrected chi connectivity index (χ0v) is 18.8. The molecule has 1 heterocycles. The predicted octanol–water partition coefficient (Wildman–Crippen LogP) is 4.59. The molecule has 0 saturated heterocycles. The molecule has 172 valence electrons. The molecule has 1 atom stereocenters. The Labute approximate surface area is 191 Å². The van der Waals surface area contributed by atoms with Gasteiger partial charge in [0.1, 0.15) is 24.0 Å². The second-order valence-electron chi connectivity index (χ2n) is 8.30. The van der Waals surface area contributed by atoms with E-state index in [4.69, 9.17) is 13.9 Å². The van der Waals surface area contributed by atoms with E-state index in [9.17, 15) is 14.4 Å². The van der Waals surface area contributed by atoms with Crippen LogP contribution >= 0.6 is 0 Å². The van der Waals surface area contributed by atoms with Crippen molar-refractivity contribution in [1.29, 1.82) is 0 Å². The molecule has 1 aliphatic carbocycles. The van der Waals surface area contributed by atoms with Crippen molar-refractivity contribution in [3.05, 3.63) is 75.1 Å². The Kier molecular flexibility index (Phi) is 6.77. The predicted molar refractivity (Wildman–Crippen MR) is 123 cm³/mol. The Balaban J connectivity index is 1.53. The number of hydrogen-bond acceptors (Lipinski definition) is 6. The molecular formula is C26H27NO6. The largest absolute Gasteiger partial charge is 0.445 e. The minimum atomic E-state index is -0.863. The number of nitrogens with one attached hydrogen (secondary N) is 1. The van der Waals surface area contributed by atoms with Crippen molar-refractivity contribution >= 4 is 23.0 Å². The van der Waals surface area contributed by atoms with Gasteiger partial charge >= 0.3 is 17.7 Å². The average Bonchev–Trinajstić information content (AvgIpc) is 3.28. The van der Waals surface area contributed by atoms with Crippen molar-refractivity contribution in [3.8, 4) is 5.75 Å². The van der Waals surface area contributed by atoms with Gasteiger partial charge in [-0.3, -0.25) is 0 Å². The highest BCUT2D eigenvalue weighted by molar-refractivity contribution is 5.92. The minimum absolute atomic E-state index is 0.105. The monoisotopic (exact) mass is 449 g/mol. The minimum Gasteiger partial charge on any atom is -0.445 e. The molecule has 0 bridgehead atoms. The third-order valence-corrected chi connectivity index (χ3v) is 5.76. The Bertz CT molecular complexity index is 1230. The number of esters is 1. The van der Waals surface area contributed by atoms with Crippen LogP contribution in [-0.4, -0.2) is 18.1 Å². The zero-order chi connectivity index (χ0) is 23.4. The maximum Gasteiger partial charge on any atom is 0.408 e. The molecule has 7 heteroatoms. The number of rotatable bonds is 7. The average molecular weight is 450 g/mol. The molecule has 0 fully saturated rings. The lowest BCUT2D eigenvalue weighted by molar-refractivity contribution is -0.136. The van der Waals surface area contributed by atoms with Gasteiger partial charge in [0.25, 0.3) is 0 Å². The molecular weight excluding hydrogens is 422 g/mol. The van der Waals surface area contributed by atoms with Crippen LogP contribution in [0.5, 0.6) is 5.75 Å². The quantitative estimate of drug-likeness (QED) is 0.322. The first-order valence-corrected chi connectivity index (χ1v) is 11.2. The third kappa shape index (κ3) is 5.08. The molecule has 0 spiro atoms. The number of benzene rings is 2. The number of carbonyl (C=O) groups is 2. The van der Waals surface area contributed by atoms with Crippen LogP contribution in [0.1, 0.15) is 48.4 Å². The van der Waals surface area contributed by atoms with Crippen LogP contribution in [0.3, 0.4) is 0 Å². The van der Waals surface area contributed by atoms with Gasteiger partial charge in [0.05, 0.1) is 5.39 Å². The van der Waals surface area contributed by atoms with Crippen LogP contribution in [0.4, 0.5) is 4.79 Å². The van der Waals surface area contributed by atoms with E-state index in [1.165, 1.54) is 0 Å². The van der Waals surface area contributed by atoms with Crippen molar-refractivity contribution in [3.63, 3.8) is 0 Å². The van der Waals surface area contributed by atoms with E-state index in [0.717, 1.165) is 29.5 Å². The molecule has 1 N–H and O–H groups in total. The number of amides is 1. The number of fused-ring (bicyclic) bond motifs is 3. The molecule has 1 aliphatic rings. The molecule has 4 rings (SSSR count). The Morgan fingerprint density at radius 3 is 2.64 bits per heavy atom. The van der Waals surface area contributed by atoms with Crippen LogP contribution in [0, 0.1) is 6.92 Å². The first kappa shape index (κ1) is 22.6. The Hall–Kier alpha value is -3.61. The first-order chi connectivity index (χ1) is 16.0. The second kappa shape index (κ2) is 9.90. The van der Waals surface area contributed by atoms with E-state index in [0.29, 0.717) is 41.5 Å². The van der Waals surface area contributed by atoms with Gasteiger partial charge in [-0.15, -0.1) is 0 Å². The lowest BCUT2D eigenvalue weighted by Gasteiger charge is -2.18. The number of alkyl carbamates (subject to hydrolysis) is 1. The summed E-state index contributed by atoms with van der Waals surface area (Å²) < 4.78 is 16.6. The highest BCUT2D eigenvalue weighted by atomic mass is 16.6. The maximum atomic E-state index is 13.0. The molecule has 7 nitrogen and oxygen atoms in total. The van der Waals surface area contributed by atoms with Crippen LogP contribution in [0.15, 0.2) is 51.7 Å². The highest BCUT2D eigenvalue weighted by Crippen LogP contribution is 2.35. The fraction of sp³-hybridized carbons (Fsp3) is 0.346. The Morgan fingerprint density at radius 2 is 1.88 bits per heavy atom. The summed E-state index contributed by atoms with van der Waals surface area (Å²) >= 11 is 0. The van der Waals surface area contributed by atoms with Gasteiger partial charge in [0, 0.05) is 5.56 Å². The molecule has 1 aromatic heterocycles. The van der Waals surface area contributed by atoms with Gasteiger partial charge < -0.3 is 19.2 Å². The van der Waals surface area contributed by atoms with Crippen LogP contribution in [0.2, 0.25) is 0 Å². The molecule has 33 heavy (non-hydrogen) atoms. The molecule has 0 radical (unpaired) electrons. The topological polar surface area (TPSA) is 94.8 Å². The number of hydrogen-bond donors (Lipinski definition) is 1. The molecule has 2 aromatic carbocycles. The molecule has 1 amide bonds. The van der Waals surface area contributed by atoms with Gasteiger partial charge in [-0.1, -0.05) is 43.7 Å². The summed E-state index contributed by atoms with van der Waals surface area (Å²) in [6.45, 7) is 3.86. The summed E-state index contributed by atoms with van der Waals surface area (Å²) in [5.74, 6) is -0.240. The van der Waals surface area contributed by atoms with E-state index >= 15 is 0 Å². The van der Waals surface area contributed by atoms with Gasteiger partial charge in [0.15, 0.2) is 0 Å². The van der Waals surface area contributed by atoms with Crippen LogP contribution in [-0.2, 0) is 29.0 Å². The van der Waals surface area contributed by atoms with Crippen molar-refractivity contribution in [2.45, 2.75) is 58.6 Å². The fourth-order valence-corrected chi connectivity index (χ4v) is 4.21. The normalized spacial score (nSPS) is 13.4. The van der Waals surface area contributed by atoms with E-state index in [1.807, 2.05) is 44.2 Å². The van der Waals surface area contributed by atoms with Gasteiger partial charge in [-0.05, 0) is 61.4 Å². The second-order valence-corrected chi connectivity index (χ2v) is 8.30. The van der Waals surface area contributed by atoms with Crippen LogP contribution < -0.4 is 15.7 Å². The van der Waals surface area contributed by atoms with Crippen molar-refractivity contribution < 1.29 is 23.5 Å². The maximum absolute atomic E-state index is 13.0. The van der Waals surface area contributed by atoms with E-state index in [1.54, 1.807) is 12.1 Å². The van der Waals surface area contributed by atoms with Crippen molar-refractivity contribution in [2.24, 2.45) is 0 Å². The van der Waals surface area contributed by atoms with Crippen molar-refractivity contribution in [1.82, 2.24) is 5.32 Å². The molecule has 0 aliphatic heterocycles. The van der Waals surface area contributed by atoms with E-state index in [2.05, 4.69) is 5.32 Å². The van der Waals surface area contributed by atoms with Gasteiger partial charge in [0.2, 0.25) is 0 Å². The van der Waals surface area contributed by atoms with Crippen LogP contribution in [0.25, 0.3) is 11.0 Å². The molecule has 0 saturated carbocycles. The summed E-state index contributed by atoms with van der Waals surface area (Å²) in [6, 6.07) is 12.0. The zero-order valence-electron chi connectivity index (χ0n) is 18.8. The van der Waals surface area contributed by atoms with Gasteiger partial charge in [-0.2, -0.15) is 0 Å². The summed E-state index contributed by atoms with van der Waals surface area (Å²) in [5, 5.41) is 3.28. The summed E-state index contributed by atoms with van der Waals surface area (Å²) in [5.41, 5.74) is 3.26. The highest BCUT2D eigenvalue weighted by Gasteiger charge is 2.27. The lowest BCUT2D eigenvalue weighted by atomic mass is 10.0. The summed E-state index contributed by atoms with van der Waals surface area (Å²) in [7, 11) is 0. The van der Waals surface area contributed by atoms with Gasteiger partial charge in [-0.25, -0.2) is 14.4 Å². The van der Waals surface area contributed by atoms with E-state index in [-0.39, 0.29) is 12.2 Å². The smallest absolute Gasteiger partial charge is 0.408 e. The molecule has 0 unspecified atom stereocenters. The standard InChI is InChI=1S/C26H27NO6/c1-3-8-20(27-26(30)31-15-17-9-5-4-6-10-17)25(29)33-22-14-16(2)13-21-23(22)18-11-7-12-19(18)24(28)32-21/h4-6,9-10,13-14,20H,3,7-8,11-12,15H2,1-2H3,(H,27,30)/t20-/m0/s1. The first-order valence-electron chi connectivity index (χ1n) is 11.2. The fourth-order valence-electron chi connectivity index (χ4n) is 4.21. The summed E-state index contributed by atoms with van der Waals surface area (Å²) in [6.07, 6.45) is 2.62. The number of aryl methyl sites for hydroxylation is 2. The summed E-state index contributed by atoms with van der Waals surface area (Å²) in [4.78, 5) is 37.7. The molecule has 3 aromatic rings. The lowest BCUT2D eigenvalue weighted by Crippen LogP contribution is -2.43.